The molecule has 0 amide bonds. The van der Waals surface area contributed by atoms with Gasteiger partial charge in [-0.05, 0) is 13.8 Å². The van der Waals surface area contributed by atoms with Crippen molar-refractivity contribution in [3.8, 4) is 0 Å². The van der Waals surface area contributed by atoms with Crippen molar-refractivity contribution < 1.29 is 9.94 Å². The maximum absolute atomic E-state index is 8.74. The molecule has 0 bridgehead atoms. The second-order valence-corrected chi connectivity index (χ2v) is 1.59. The molecule has 0 spiro atoms. The van der Waals surface area contributed by atoms with E-state index in [1.165, 1.54) is 7.11 Å². The van der Waals surface area contributed by atoms with Crippen LogP contribution in [0.1, 0.15) is 13.8 Å². The molecule has 3 heteroatoms. The van der Waals surface area contributed by atoms with Crippen molar-refractivity contribution in [1.82, 2.24) is 0 Å². The third-order valence-electron chi connectivity index (χ3n) is 0.840. The first-order chi connectivity index (χ1) is 3.68. The third-order valence-corrected chi connectivity index (χ3v) is 0.840. The lowest BCUT2D eigenvalue weighted by molar-refractivity contribution is 0.199. The number of oxime groups is 1. The monoisotopic (exact) mass is 117 g/mol. The largest absolute Gasteiger partial charge is 0.399 e. The first-order valence-corrected chi connectivity index (χ1v) is 2.44. The summed E-state index contributed by atoms with van der Waals surface area (Å²) in [5.74, 6) is 0. The average Bonchev–Trinajstić information content (AvgIpc) is 1.67. The SMILES string of the molecule is CO/N=C(/C)[C@H](C)O. The van der Waals surface area contributed by atoms with Crippen LogP contribution in [0, 0.1) is 0 Å². The summed E-state index contributed by atoms with van der Waals surface area (Å²) in [6, 6.07) is 0. The van der Waals surface area contributed by atoms with Crippen molar-refractivity contribution in [2.45, 2.75) is 20.0 Å². The Morgan fingerprint density at radius 2 is 2.25 bits per heavy atom. The van der Waals surface area contributed by atoms with Gasteiger partial charge < -0.3 is 9.94 Å². The summed E-state index contributed by atoms with van der Waals surface area (Å²) in [6.07, 6.45) is -0.505. The maximum Gasteiger partial charge on any atom is 0.106 e. The topological polar surface area (TPSA) is 41.8 Å². The molecule has 0 unspecified atom stereocenters. The Balaban J connectivity index is 3.61. The highest BCUT2D eigenvalue weighted by Gasteiger charge is 1.97. The van der Waals surface area contributed by atoms with Crippen molar-refractivity contribution in [3.63, 3.8) is 0 Å². The smallest absolute Gasteiger partial charge is 0.106 e. The molecular weight excluding hydrogens is 106 g/mol. The molecular formula is C5H11NO2. The summed E-state index contributed by atoms with van der Waals surface area (Å²) in [5.41, 5.74) is 0.590. The van der Waals surface area contributed by atoms with Gasteiger partial charge in [-0.3, -0.25) is 0 Å². The highest BCUT2D eigenvalue weighted by molar-refractivity contribution is 5.85. The summed E-state index contributed by atoms with van der Waals surface area (Å²) in [6.45, 7) is 3.34. The number of rotatable bonds is 2. The Kier molecular flexibility index (Phi) is 3.19. The van der Waals surface area contributed by atoms with Crippen molar-refractivity contribution >= 4 is 5.71 Å². The molecule has 0 saturated carbocycles. The van der Waals surface area contributed by atoms with E-state index in [4.69, 9.17) is 5.11 Å². The van der Waals surface area contributed by atoms with E-state index in [9.17, 15) is 0 Å². The van der Waals surface area contributed by atoms with Crippen LogP contribution in [0.4, 0.5) is 0 Å². The Bertz CT molecular complexity index is 88.4. The second kappa shape index (κ2) is 3.43. The van der Waals surface area contributed by atoms with Gasteiger partial charge in [-0.25, -0.2) is 0 Å². The van der Waals surface area contributed by atoms with Gasteiger partial charge in [0, 0.05) is 0 Å². The summed E-state index contributed by atoms with van der Waals surface area (Å²) in [7, 11) is 1.45. The fraction of sp³-hybridized carbons (Fsp3) is 0.800. The Morgan fingerprint density at radius 3 is 2.38 bits per heavy atom. The summed E-state index contributed by atoms with van der Waals surface area (Å²) in [5, 5.41) is 12.2. The first kappa shape index (κ1) is 7.43. The molecule has 0 aromatic carbocycles. The number of hydrogen-bond donors (Lipinski definition) is 1. The quantitative estimate of drug-likeness (QED) is 0.420. The van der Waals surface area contributed by atoms with Gasteiger partial charge in [-0.1, -0.05) is 5.16 Å². The van der Waals surface area contributed by atoms with Crippen LogP contribution in [-0.2, 0) is 4.84 Å². The van der Waals surface area contributed by atoms with Crippen molar-refractivity contribution in [2.24, 2.45) is 5.16 Å². The Hall–Kier alpha value is -0.570. The fourth-order valence-electron chi connectivity index (χ4n) is 0.220. The van der Waals surface area contributed by atoms with Crippen molar-refractivity contribution in [1.29, 1.82) is 0 Å². The third kappa shape index (κ3) is 2.58. The standard InChI is InChI=1S/C5H11NO2/c1-4(5(2)7)6-8-3/h5,7H,1-3H3/b6-4-/t5-/m0/s1. The van der Waals surface area contributed by atoms with Gasteiger partial charge in [0.05, 0.1) is 11.8 Å². The van der Waals surface area contributed by atoms with Gasteiger partial charge in [0.2, 0.25) is 0 Å². The van der Waals surface area contributed by atoms with Gasteiger partial charge in [-0.15, -0.1) is 0 Å². The lowest BCUT2D eigenvalue weighted by Gasteiger charge is -1.99. The molecule has 0 aromatic heterocycles. The average molecular weight is 117 g/mol. The predicted octanol–water partition coefficient (Wildman–Crippen LogP) is 0.390. The van der Waals surface area contributed by atoms with Gasteiger partial charge in [0.1, 0.15) is 7.11 Å². The molecule has 0 saturated heterocycles. The fourth-order valence-corrected chi connectivity index (χ4v) is 0.220. The van der Waals surface area contributed by atoms with Crippen LogP contribution in [0.3, 0.4) is 0 Å². The zero-order valence-electron chi connectivity index (χ0n) is 5.38. The molecule has 0 rings (SSSR count). The highest BCUT2D eigenvalue weighted by atomic mass is 16.6. The van der Waals surface area contributed by atoms with E-state index in [0.29, 0.717) is 5.71 Å². The molecule has 48 valence electrons. The van der Waals surface area contributed by atoms with Crippen molar-refractivity contribution in [3.05, 3.63) is 0 Å². The lowest BCUT2D eigenvalue weighted by atomic mass is 10.3. The summed E-state index contributed by atoms with van der Waals surface area (Å²) < 4.78 is 0. The molecule has 3 nitrogen and oxygen atoms in total. The van der Waals surface area contributed by atoms with E-state index in [2.05, 4.69) is 9.99 Å². The molecule has 1 atom stereocenters. The molecule has 0 aliphatic rings. The van der Waals surface area contributed by atoms with Gasteiger partial charge >= 0.3 is 0 Å². The number of nitrogens with zero attached hydrogens (tertiary/aromatic N) is 1. The van der Waals surface area contributed by atoms with E-state index in [-0.39, 0.29) is 0 Å². The minimum atomic E-state index is -0.505. The van der Waals surface area contributed by atoms with Crippen LogP contribution in [-0.4, -0.2) is 24.0 Å². The van der Waals surface area contributed by atoms with Crippen LogP contribution in [0.25, 0.3) is 0 Å². The van der Waals surface area contributed by atoms with Crippen LogP contribution in [0.15, 0.2) is 5.16 Å². The van der Waals surface area contributed by atoms with Crippen molar-refractivity contribution in [2.75, 3.05) is 7.11 Å². The normalized spacial score (nSPS) is 15.8. The van der Waals surface area contributed by atoms with Gasteiger partial charge in [0.15, 0.2) is 0 Å². The lowest BCUT2D eigenvalue weighted by Crippen LogP contribution is -2.11. The van der Waals surface area contributed by atoms with Crippen LogP contribution in [0.2, 0.25) is 0 Å². The van der Waals surface area contributed by atoms with Crippen LogP contribution in [0.5, 0.6) is 0 Å². The molecule has 0 aliphatic heterocycles. The molecule has 1 N–H and O–H groups in total. The number of aliphatic hydroxyl groups is 1. The van der Waals surface area contributed by atoms with Gasteiger partial charge in [-0.2, -0.15) is 0 Å². The van der Waals surface area contributed by atoms with E-state index >= 15 is 0 Å². The minimum absolute atomic E-state index is 0.505. The summed E-state index contributed by atoms with van der Waals surface area (Å²) in [4.78, 5) is 4.39. The van der Waals surface area contributed by atoms with Crippen LogP contribution >= 0.6 is 0 Å². The molecule has 0 heterocycles. The highest BCUT2D eigenvalue weighted by Crippen LogP contribution is 1.85. The van der Waals surface area contributed by atoms with E-state index < -0.39 is 6.10 Å². The zero-order valence-corrected chi connectivity index (χ0v) is 5.38. The minimum Gasteiger partial charge on any atom is -0.399 e. The van der Waals surface area contributed by atoms with E-state index in [1.807, 2.05) is 0 Å². The molecule has 0 fully saturated rings. The van der Waals surface area contributed by atoms with E-state index in [1.54, 1.807) is 13.8 Å². The zero-order chi connectivity index (χ0) is 6.57. The number of hydrogen-bond acceptors (Lipinski definition) is 3. The maximum atomic E-state index is 8.74. The van der Waals surface area contributed by atoms with E-state index in [0.717, 1.165) is 0 Å². The Labute approximate surface area is 49.0 Å². The number of aliphatic hydroxyl groups excluding tert-OH is 1. The van der Waals surface area contributed by atoms with Crippen LogP contribution < -0.4 is 0 Å². The molecule has 0 aromatic rings. The molecule has 0 radical (unpaired) electrons. The van der Waals surface area contributed by atoms with Gasteiger partial charge in [0.25, 0.3) is 0 Å². The predicted molar refractivity (Wildman–Crippen MR) is 31.8 cm³/mol. The first-order valence-electron chi connectivity index (χ1n) is 2.44. The Morgan fingerprint density at radius 1 is 1.75 bits per heavy atom. The molecule has 8 heavy (non-hydrogen) atoms. The summed E-state index contributed by atoms with van der Waals surface area (Å²) >= 11 is 0. The second-order valence-electron chi connectivity index (χ2n) is 1.59. The molecule has 0 aliphatic carbocycles.